The minimum Gasteiger partial charge on any atom is -0.453 e. The number of aromatic nitrogens is 3. The Bertz CT molecular complexity index is 1010. The van der Waals surface area contributed by atoms with Crippen LogP contribution in [-0.4, -0.2) is 21.1 Å². The molecule has 4 rings (SSSR count). The zero-order valence-electron chi connectivity index (χ0n) is 14.8. The molecule has 136 valence electrons. The summed E-state index contributed by atoms with van der Waals surface area (Å²) in [5.41, 5.74) is 2.96. The maximum Gasteiger partial charge on any atom is 0.193 e. The zero-order chi connectivity index (χ0) is 18.8. The van der Waals surface area contributed by atoms with Crippen molar-refractivity contribution in [2.75, 3.05) is 0 Å². The Hall–Kier alpha value is -3.28. The quantitative estimate of drug-likeness (QED) is 0.652. The number of aldehydes is 1. The number of rotatable bonds is 5. The highest BCUT2D eigenvalue weighted by Crippen LogP contribution is 2.38. The van der Waals surface area contributed by atoms with Gasteiger partial charge in [0.2, 0.25) is 0 Å². The molecule has 1 aromatic heterocycles. The van der Waals surface area contributed by atoms with E-state index in [1.54, 1.807) is 29.9 Å². The molecular weight excluding hydrogens is 345 g/mol. The third kappa shape index (κ3) is 3.38. The first kappa shape index (κ1) is 17.1. The number of ether oxygens (including phenoxy) is 1. The van der Waals surface area contributed by atoms with E-state index in [1.807, 2.05) is 18.2 Å². The van der Waals surface area contributed by atoms with Crippen molar-refractivity contribution in [3.8, 4) is 5.75 Å². The molecule has 0 aliphatic carbocycles. The van der Waals surface area contributed by atoms with Gasteiger partial charge in [-0.25, -0.2) is 14.1 Å². The van der Waals surface area contributed by atoms with Crippen LogP contribution in [0, 0.1) is 5.82 Å². The summed E-state index contributed by atoms with van der Waals surface area (Å²) in [6.07, 6.45) is 5.63. The fourth-order valence-electron chi connectivity index (χ4n) is 3.35. The fourth-order valence-corrected chi connectivity index (χ4v) is 3.35. The molecule has 0 saturated carbocycles. The Balaban J connectivity index is 1.63. The zero-order valence-corrected chi connectivity index (χ0v) is 14.8. The van der Waals surface area contributed by atoms with Crippen molar-refractivity contribution in [3.63, 3.8) is 0 Å². The number of carbonyl (C=O) groups is 1. The average Bonchev–Trinajstić information content (AvgIpc) is 3.12. The van der Waals surface area contributed by atoms with Crippen LogP contribution in [-0.2, 0) is 24.7 Å². The maximum atomic E-state index is 13.1. The second kappa shape index (κ2) is 7.15. The second-order valence-corrected chi connectivity index (χ2v) is 6.46. The lowest BCUT2D eigenvalue weighted by molar-refractivity contribution is -0.108. The summed E-state index contributed by atoms with van der Waals surface area (Å²) < 4.78 is 20.7. The van der Waals surface area contributed by atoms with E-state index in [1.165, 1.54) is 18.5 Å². The molecule has 2 heterocycles. The lowest BCUT2D eigenvalue weighted by atomic mass is 9.89. The van der Waals surface area contributed by atoms with Gasteiger partial charge in [0, 0.05) is 12.6 Å². The van der Waals surface area contributed by atoms with Crippen molar-refractivity contribution in [2.45, 2.75) is 18.8 Å². The predicted molar refractivity (Wildman–Crippen MR) is 98.7 cm³/mol. The maximum absolute atomic E-state index is 13.1. The van der Waals surface area contributed by atoms with E-state index in [4.69, 9.17) is 4.74 Å². The van der Waals surface area contributed by atoms with E-state index in [9.17, 15) is 9.18 Å². The van der Waals surface area contributed by atoms with E-state index < -0.39 is 5.92 Å². The van der Waals surface area contributed by atoms with Gasteiger partial charge in [0.1, 0.15) is 24.2 Å². The lowest BCUT2D eigenvalue weighted by Gasteiger charge is -2.24. The summed E-state index contributed by atoms with van der Waals surface area (Å²) in [5, 5.41) is 4.06. The molecule has 0 N–H and O–H groups in total. The summed E-state index contributed by atoms with van der Waals surface area (Å²) >= 11 is 0. The largest absolute Gasteiger partial charge is 0.453 e. The molecular formula is C21H18FN3O2. The normalized spacial score (nSPS) is 15.6. The third-order valence-electron chi connectivity index (χ3n) is 4.72. The highest BCUT2D eigenvalue weighted by atomic mass is 19.1. The first-order valence-electron chi connectivity index (χ1n) is 8.71. The molecule has 3 aromatic rings. The number of fused-ring (bicyclic) bond motifs is 1. The Labute approximate surface area is 156 Å². The van der Waals surface area contributed by atoms with Crippen LogP contribution in [0.1, 0.15) is 28.4 Å². The number of benzene rings is 2. The topological polar surface area (TPSA) is 57.0 Å². The number of hydrogen-bond donors (Lipinski definition) is 0. The molecule has 5 nitrogen and oxygen atoms in total. The van der Waals surface area contributed by atoms with Crippen molar-refractivity contribution in [2.24, 2.45) is 7.05 Å². The predicted octanol–water partition coefficient (Wildman–Crippen LogP) is 3.46. The highest BCUT2D eigenvalue weighted by molar-refractivity contribution is 5.76. The molecule has 1 aliphatic heterocycles. The standard InChI is InChI=1S/C21H18FN3O2/c1-25-21(23-13-24-25)19-11-16(12-26)20-15(3-2-4-18(20)27-19)8-5-14-6-9-17(22)10-7-14/h2-4,6-7,9-13,16H,5,8H2,1H3. The Morgan fingerprint density at radius 1 is 1.19 bits per heavy atom. The number of carbonyl (C=O) groups excluding carboxylic acids is 1. The van der Waals surface area contributed by atoms with Crippen LogP contribution in [0.25, 0.3) is 5.76 Å². The molecule has 2 aromatic carbocycles. The van der Waals surface area contributed by atoms with Crippen LogP contribution in [0.4, 0.5) is 4.39 Å². The smallest absolute Gasteiger partial charge is 0.193 e. The van der Waals surface area contributed by atoms with Crippen LogP contribution in [0.5, 0.6) is 5.75 Å². The summed E-state index contributed by atoms with van der Waals surface area (Å²) in [6.45, 7) is 0. The SMILES string of the molecule is Cn1ncnc1C1=CC(C=O)c2c(CCc3ccc(F)cc3)cccc2O1. The Morgan fingerprint density at radius 3 is 2.70 bits per heavy atom. The van der Waals surface area contributed by atoms with Gasteiger partial charge in [-0.15, -0.1) is 0 Å². The molecule has 27 heavy (non-hydrogen) atoms. The van der Waals surface area contributed by atoms with Gasteiger partial charge >= 0.3 is 0 Å². The van der Waals surface area contributed by atoms with Crippen molar-refractivity contribution >= 4 is 12.0 Å². The monoisotopic (exact) mass is 363 g/mol. The molecule has 0 radical (unpaired) electrons. The number of hydrogen-bond acceptors (Lipinski definition) is 4. The first-order chi connectivity index (χ1) is 13.2. The van der Waals surface area contributed by atoms with Crippen LogP contribution in [0.15, 0.2) is 54.9 Å². The Kier molecular flexibility index (Phi) is 4.54. The minimum atomic E-state index is -0.412. The van der Waals surface area contributed by atoms with Gasteiger partial charge in [0.15, 0.2) is 11.6 Å². The molecule has 1 aliphatic rings. The number of nitrogens with zero attached hydrogens (tertiary/aromatic N) is 3. The van der Waals surface area contributed by atoms with Crippen LogP contribution in [0.2, 0.25) is 0 Å². The van der Waals surface area contributed by atoms with Gasteiger partial charge in [-0.05, 0) is 48.2 Å². The van der Waals surface area contributed by atoms with Gasteiger partial charge in [0.05, 0.1) is 5.92 Å². The van der Waals surface area contributed by atoms with Gasteiger partial charge < -0.3 is 9.53 Å². The Morgan fingerprint density at radius 2 is 2.00 bits per heavy atom. The summed E-state index contributed by atoms with van der Waals surface area (Å²) in [6, 6.07) is 12.3. The van der Waals surface area contributed by atoms with E-state index in [-0.39, 0.29) is 5.82 Å². The number of allylic oxidation sites excluding steroid dienone is 1. The van der Waals surface area contributed by atoms with Crippen LogP contribution < -0.4 is 4.74 Å². The van der Waals surface area contributed by atoms with E-state index in [0.29, 0.717) is 17.3 Å². The molecule has 0 saturated heterocycles. The molecule has 1 unspecified atom stereocenters. The van der Waals surface area contributed by atoms with Gasteiger partial charge in [-0.2, -0.15) is 5.10 Å². The summed E-state index contributed by atoms with van der Waals surface area (Å²) in [4.78, 5) is 16.0. The van der Waals surface area contributed by atoms with Gasteiger partial charge in [-0.3, -0.25) is 0 Å². The number of halogens is 1. The van der Waals surface area contributed by atoms with Gasteiger partial charge in [-0.1, -0.05) is 24.3 Å². The van der Waals surface area contributed by atoms with Gasteiger partial charge in [0.25, 0.3) is 0 Å². The first-order valence-corrected chi connectivity index (χ1v) is 8.71. The lowest BCUT2D eigenvalue weighted by Crippen LogP contribution is -2.15. The van der Waals surface area contributed by atoms with Crippen molar-refractivity contribution in [1.29, 1.82) is 0 Å². The molecule has 0 bridgehead atoms. The van der Waals surface area contributed by atoms with Crippen molar-refractivity contribution in [1.82, 2.24) is 14.8 Å². The minimum absolute atomic E-state index is 0.244. The fraction of sp³-hybridized carbons (Fsp3) is 0.190. The van der Waals surface area contributed by atoms with Crippen molar-refractivity contribution in [3.05, 3.63) is 83.2 Å². The summed E-state index contributed by atoms with van der Waals surface area (Å²) in [5.74, 6) is 1.10. The van der Waals surface area contributed by atoms with Crippen molar-refractivity contribution < 1.29 is 13.9 Å². The second-order valence-electron chi connectivity index (χ2n) is 6.46. The third-order valence-corrected chi connectivity index (χ3v) is 4.72. The molecule has 1 atom stereocenters. The molecule has 0 amide bonds. The van der Waals surface area contributed by atoms with Crippen LogP contribution in [0.3, 0.4) is 0 Å². The summed E-state index contributed by atoms with van der Waals surface area (Å²) in [7, 11) is 1.77. The molecule has 0 fully saturated rings. The van der Waals surface area contributed by atoms with E-state index >= 15 is 0 Å². The average molecular weight is 363 g/mol. The molecule has 6 heteroatoms. The number of aryl methyl sites for hydroxylation is 3. The molecule has 0 spiro atoms. The highest BCUT2D eigenvalue weighted by Gasteiger charge is 2.26. The van der Waals surface area contributed by atoms with E-state index in [2.05, 4.69) is 10.1 Å². The van der Waals surface area contributed by atoms with Crippen LogP contribution >= 0.6 is 0 Å². The van der Waals surface area contributed by atoms with E-state index in [0.717, 1.165) is 35.8 Å².